The van der Waals surface area contributed by atoms with Crippen molar-refractivity contribution < 1.29 is 4.79 Å². The molecule has 1 aliphatic rings. The Kier molecular flexibility index (Phi) is 2.08. The number of carbonyl (C=O) groups excluding carboxylic acids is 1. The molecule has 0 amide bonds. The summed E-state index contributed by atoms with van der Waals surface area (Å²) < 4.78 is 0. The Hall–Kier alpha value is -0.330. The predicted molar refractivity (Wildman–Crippen MR) is 46.4 cm³/mol. The first kappa shape index (κ1) is 8.76. The van der Waals surface area contributed by atoms with Gasteiger partial charge in [-0.3, -0.25) is 4.79 Å². The minimum Gasteiger partial charge on any atom is -0.300 e. The Labute approximate surface area is 69.2 Å². The monoisotopic (exact) mass is 154 g/mol. The molecule has 2 atom stereocenters. The molecule has 1 heteroatoms. The SMILES string of the molecule is CC(=O)C1CC(C)(C)CC1C. The molecule has 0 N–H and O–H groups in total. The molecule has 0 spiro atoms. The molecule has 1 saturated carbocycles. The standard InChI is InChI=1S/C10H18O/c1-7-5-10(3,4)6-9(7)8(2)11/h7,9H,5-6H2,1-4H3. The van der Waals surface area contributed by atoms with Crippen LogP contribution in [0.4, 0.5) is 0 Å². The van der Waals surface area contributed by atoms with Crippen molar-refractivity contribution >= 4 is 5.78 Å². The van der Waals surface area contributed by atoms with Gasteiger partial charge in [0.1, 0.15) is 5.78 Å². The summed E-state index contributed by atoms with van der Waals surface area (Å²) >= 11 is 0. The van der Waals surface area contributed by atoms with Gasteiger partial charge in [-0.05, 0) is 31.1 Å². The zero-order valence-electron chi connectivity index (χ0n) is 7.98. The van der Waals surface area contributed by atoms with Gasteiger partial charge in [-0.25, -0.2) is 0 Å². The Morgan fingerprint density at radius 3 is 2.09 bits per heavy atom. The number of hydrogen-bond acceptors (Lipinski definition) is 1. The van der Waals surface area contributed by atoms with E-state index in [1.54, 1.807) is 6.92 Å². The molecule has 0 radical (unpaired) electrons. The van der Waals surface area contributed by atoms with Crippen molar-refractivity contribution in [1.29, 1.82) is 0 Å². The van der Waals surface area contributed by atoms with E-state index in [-0.39, 0.29) is 0 Å². The number of carbonyl (C=O) groups is 1. The molecule has 1 nitrogen and oxygen atoms in total. The topological polar surface area (TPSA) is 17.1 Å². The Bertz CT molecular complexity index is 170. The lowest BCUT2D eigenvalue weighted by Crippen LogP contribution is -2.13. The summed E-state index contributed by atoms with van der Waals surface area (Å²) in [4.78, 5) is 11.1. The molecule has 0 aliphatic heterocycles. The minimum atomic E-state index is 0.338. The molecule has 1 fully saturated rings. The number of rotatable bonds is 1. The van der Waals surface area contributed by atoms with Crippen LogP contribution in [0, 0.1) is 17.3 Å². The summed E-state index contributed by atoms with van der Waals surface area (Å²) in [6, 6.07) is 0. The third kappa shape index (κ3) is 1.82. The van der Waals surface area contributed by atoms with Gasteiger partial charge in [-0.2, -0.15) is 0 Å². The molecule has 0 aromatic heterocycles. The van der Waals surface area contributed by atoms with Crippen LogP contribution in [0.1, 0.15) is 40.5 Å². The second-order valence-corrected chi connectivity index (χ2v) is 4.77. The second-order valence-electron chi connectivity index (χ2n) is 4.77. The van der Waals surface area contributed by atoms with Crippen molar-refractivity contribution in [2.75, 3.05) is 0 Å². The summed E-state index contributed by atoms with van der Waals surface area (Å²) in [5, 5.41) is 0. The normalized spacial score (nSPS) is 35.6. The third-order valence-corrected chi connectivity index (χ3v) is 2.86. The first-order chi connectivity index (χ1) is 4.92. The molecule has 0 aromatic carbocycles. The van der Waals surface area contributed by atoms with Crippen LogP contribution in [0.5, 0.6) is 0 Å². The average molecular weight is 154 g/mol. The van der Waals surface area contributed by atoms with E-state index < -0.39 is 0 Å². The first-order valence-corrected chi connectivity index (χ1v) is 4.43. The van der Waals surface area contributed by atoms with Crippen LogP contribution >= 0.6 is 0 Å². The summed E-state index contributed by atoms with van der Waals surface area (Å²) in [7, 11) is 0. The summed E-state index contributed by atoms with van der Waals surface area (Å²) in [5.41, 5.74) is 0.399. The van der Waals surface area contributed by atoms with Gasteiger partial charge in [0.15, 0.2) is 0 Å². The minimum absolute atomic E-state index is 0.338. The quantitative estimate of drug-likeness (QED) is 0.567. The second kappa shape index (κ2) is 2.62. The van der Waals surface area contributed by atoms with E-state index in [2.05, 4.69) is 20.8 Å². The Balaban J connectivity index is 2.66. The molecule has 0 aromatic rings. The lowest BCUT2D eigenvalue weighted by Gasteiger charge is -2.15. The van der Waals surface area contributed by atoms with Crippen molar-refractivity contribution in [3.63, 3.8) is 0 Å². The number of ketones is 1. The highest BCUT2D eigenvalue weighted by atomic mass is 16.1. The van der Waals surface area contributed by atoms with Crippen LogP contribution in [0.15, 0.2) is 0 Å². The zero-order valence-corrected chi connectivity index (χ0v) is 7.98. The van der Waals surface area contributed by atoms with Gasteiger partial charge < -0.3 is 0 Å². The number of Topliss-reactive ketones (excluding diaryl/α,β-unsaturated/α-hetero) is 1. The van der Waals surface area contributed by atoms with Crippen LogP contribution in [0.25, 0.3) is 0 Å². The van der Waals surface area contributed by atoms with Crippen molar-refractivity contribution in [1.82, 2.24) is 0 Å². The fraction of sp³-hybridized carbons (Fsp3) is 0.900. The summed E-state index contributed by atoms with van der Waals surface area (Å²) in [5.74, 6) is 1.32. The average Bonchev–Trinajstić information content (AvgIpc) is 2.05. The first-order valence-electron chi connectivity index (χ1n) is 4.43. The van der Waals surface area contributed by atoms with Gasteiger partial charge >= 0.3 is 0 Å². The van der Waals surface area contributed by atoms with Crippen LogP contribution in [-0.4, -0.2) is 5.78 Å². The zero-order chi connectivity index (χ0) is 8.65. The van der Waals surface area contributed by atoms with Gasteiger partial charge in [0, 0.05) is 5.92 Å². The van der Waals surface area contributed by atoms with Crippen LogP contribution < -0.4 is 0 Å². The molecule has 1 rings (SSSR count). The lowest BCUT2D eigenvalue weighted by atomic mass is 9.90. The molecule has 11 heavy (non-hydrogen) atoms. The lowest BCUT2D eigenvalue weighted by molar-refractivity contribution is -0.121. The molecule has 1 aliphatic carbocycles. The van der Waals surface area contributed by atoms with Gasteiger partial charge in [0.05, 0.1) is 0 Å². The van der Waals surface area contributed by atoms with Crippen molar-refractivity contribution in [3.8, 4) is 0 Å². The van der Waals surface area contributed by atoms with Gasteiger partial charge in [-0.1, -0.05) is 20.8 Å². The van der Waals surface area contributed by atoms with Crippen molar-refractivity contribution in [2.45, 2.75) is 40.5 Å². The van der Waals surface area contributed by atoms with E-state index in [9.17, 15) is 4.79 Å². The molecule has 64 valence electrons. The molecule has 0 saturated heterocycles. The van der Waals surface area contributed by atoms with Crippen molar-refractivity contribution in [3.05, 3.63) is 0 Å². The van der Waals surface area contributed by atoms with Gasteiger partial charge in [0.2, 0.25) is 0 Å². The van der Waals surface area contributed by atoms with Crippen LogP contribution in [0.3, 0.4) is 0 Å². The van der Waals surface area contributed by atoms with E-state index in [1.165, 1.54) is 6.42 Å². The maximum absolute atomic E-state index is 11.1. The number of hydrogen-bond donors (Lipinski definition) is 0. The van der Waals surface area contributed by atoms with Crippen LogP contribution in [0.2, 0.25) is 0 Å². The molecule has 0 heterocycles. The highest BCUT2D eigenvalue weighted by Gasteiger charge is 2.38. The smallest absolute Gasteiger partial charge is 0.133 e. The highest BCUT2D eigenvalue weighted by Crippen LogP contribution is 2.44. The van der Waals surface area contributed by atoms with E-state index in [1.807, 2.05) is 0 Å². The molecule has 2 unspecified atom stereocenters. The van der Waals surface area contributed by atoms with Crippen molar-refractivity contribution in [2.24, 2.45) is 17.3 Å². The fourth-order valence-corrected chi connectivity index (χ4v) is 2.44. The van der Waals surface area contributed by atoms with Gasteiger partial charge in [-0.15, -0.1) is 0 Å². The molecule has 0 bridgehead atoms. The van der Waals surface area contributed by atoms with E-state index in [0.717, 1.165) is 6.42 Å². The van der Waals surface area contributed by atoms with E-state index in [4.69, 9.17) is 0 Å². The highest BCUT2D eigenvalue weighted by molar-refractivity contribution is 5.78. The van der Waals surface area contributed by atoms with Crippen LogP contribution in [-0.2, 0) is 4.79 Å². The molecular formula is C10H18O. The third-order valence-electron chi connectivity index (χ3n) is 2.86. The summed E-state index contributed by atoms with van der Waals surface area (Å²) in [6.07, 6.45) is 2.29. The maximum Gasteiger partial charge on any atom is 0.133 e. The van der Waals surface area contributed by atoms with E-state index in [0.29, 0.717) is 23.0 Å². The largest absolute Gasteiger partial charge is 0.300 e. The maximum atomic E-state index is 11.1. The summed E-state index contributed by atoms with van der Waals surface area (Å²) in [6.45, 7) is 8.43. The van der Waals surface area contributed by atoms with E-state index >= 15 is 0 Å². The fourth-order valence-electron chi connectivity index (χ4n) is 2.44. The predicted octanol–water partition coefficient (Wildman–Crippen LogP) is 2.65. The Morgan fingerprint density at radius 2 is 1.91 bits per heavy atom. The molecular weight excluding hydrogens is 136 g/mol. The van der Waals surface area contributed by atoms with Gasteiger partial charge in [0.25, 0.3) is 0 Å². The Morgan fingerprint density at radius 1 is 1.36 bits per heavy atom.